The predicted octanol–water partition coefficient (Wildman–Crippen LogP) is 2.33. The van der Waals surface area contributed by atoms with Gasteiger partial charge in [0.25, 0.3) is 5.56 Å². The van der Waals surface area contributed by atoms with Crippen LogP contribution in [0.5, 0.6) is 17.2 Å². The fraction of sp³-hybridized carbons (Fsp3) is 0.364. The third-order valence-corrected chi connectivity index (χ3v) is 5.35. The summed E-state index contributed by atoms with van der Waals surface area (Å²) in [5, 5.41) is 3.19. The van der Waals surface area contributed by atoms with Gasteiger partial charge in [0.15, 0.2) is 17.1 Å². The summed E-state index contributed by atoms with van der Waals surface area (Å²) in [6.07, 6.45) is 5.37. The summed E-state index contributed by atoms with van der Waals surface area (Å²) in [5.74, 6) is 0.868. The van der Waals surface area contributed by atoms with Crippen LogP contribution in [0, 0.1) is 0 Å². The number of methoxy groups -OCH3 is 3. The first-order valence-corrected chi connectivity index (χ1v) is 10.0. The van der Waals surface area contributed by atoms with E-state index in [1.807, 2.05) is 6.07 Å². The van der Waals surface area contributed by atoms with Gasteiger partial charge >= 0.3 is 0 Å². The van der Waals surface area contributed by atoms with Crippen LogP contribution in [-0.4, -0.2) is 41.8 Å². The van der Waals surface area contributed by atoms with E-state index in [9.17, 15) is 9.59 Å². The summed E-state index contributed by atoms with van der Waals surface area (Å²) >= 11 is 0. The Bertz CT molecular complexity index is 1180. The molecule has 0 aliphatic heterocycles. The van der Waals surface area contributed by atoms with Crippen molar-refractivity contribution in [3.8, 4) is 17.2 Å². The zero-order chi connectivity index (χ0) is 22.0. The molecule has 162 valence electrons. The number of anilines is 1. The lowest BCUT2D eigenvalue weighted by Crippen LogP contribution is -2.28. The van der Waals surface area contributed by atoms with Crippen molar-refractivity contribution in [2.24, 2.45) is 0 Å². The lowest BCUT2D eigenvalue weighted by Gasteiger charge is -2.16. The molecule has 0 saturated heterocycles. The van der Waals surface area contributed by atoms with E-state index >= 15 is 0 Å². The number of pyridine rings is 1. The number of carbonyl (C=O) groups is 1. The van der Waals surface area contributed by atoms with Crippen LogP contribution in [0.2, 0.25) is 0 Å². The zero-order valence-corrected chi connectivity index (χ0v) is 17.7. The molecule has 0 unspecified atom stereocenters. The molecule has 9 nitrogen and oxygen atoms in total. The Morgan fingerprint density at radius 2 is 1.77 bits per heavy atom. The molecule has 3 aromatic rings. The summed E-state index contributed by atoms with van der Waals surface area (Å²) in [6, 6.07) is 5.12. The van der Waals surface area contributed by atoms with E-state index in [0.29, 0.717) is 34.0 Å². The molecule has 2 aromatic heterocycles. The van der Waals surface area contributed by atoms with Crippen molar-refractivity contribution in [2.45, 2.75) is 32.2 Å². The topological polar surface area (TPSA) is 105 Å². The number of hydrogen-bond donors (Lipinski definition) is 1. The highest BCUT2D eigenvalue weighted by molar-refractivity contribution is 5.91. The van der Waals surface area contributed by atoms with Crippen molar-refractivity contribution in [3.63, 3.8) is 0 Å². The van der Waals surface area contributed by atoms with Gasteiger partial charge in [-0.25, -0.2) is 9.97 Å². The Labute approximate surface area is 179 Å². The van der Waals surface area contributed by atoms with E-state index in [-0.39, 0.29) is 18.0 Å². The first-order chi connectivity index (χ1) is 15.0. The van der Waals surface area contributed by atoms with Crippen LogP contribution in [0.4, 0.5) is 5.69 Å². The summed E-state index contributed by atoms with van der Waals surface area (Å²) in [7, 11) is 4.50. The highest BCUT2D eigenvalue weighted by Crippen LogP contribution is 2.39. The first kappa shape index (κ1) is 20.6. The Balaban J connectivity index is 1.59. The van der Waals surface area contributed by atoms with Crippen molar-refractivity contribution >= 4 is 22.6 Å². The molecule has 1 aromatic carbocycles. The van der Waals surface area contributed by atoms with Gasteiger partial charge in [-0.1, -0.05) is 0 Å². The maximum atomic E-state index is 12.9. The van der Waals surface area contributed by atoms with Crippen molar-refractivity contribution in [3.05, 3.63) is 46.1 Å². The molecule has 0 fully saturated rings. The molecular weight excluding hydrogens is 400 g/mol. The lowest BCUT2D eigenvalue weighted by molar-refractivity contribution is -0.116. The monoisotopic (exact) mass is 424 g/mol. The van der Waals surface area contributed by atoms with Crippen LogP contribution in [0.1, 0.15) is 24.1 Å². The number of aromatic nitrogens is 3. The summed E-state index contributed by atoms with van der Waals surface area (Å²) in [4.78, 5) is 34.4. The number of ether oxygens (including phenoxy) is 3. The quantitative estimate of drug-likeness (QED) is 0.648. The van der Waals surface area contributed by atoms with Crippen LogP contribution >= 0.6 is 0 Å². The van der Waals surface area contributed by atoms with E-state index in [0.717, 1.165) is 36.9 Å². The minimum Gasteiger partial charge on any atom is -0.493 e. The molecule has 2 heterocycles. The minimum atomic E-state index is -0.386. The molecule has 31 heavy (non-hydrogen) atoms. The highest BCUT2D eigenvalue weighted by atomic mass is 16.5. The van der Waals surface area contributed by atoms with Crippen LogP contribution in [-0.2, 0) is 24.2 Å². The van der Waals surface area contributed by atoms with Gasteiger partial charge in [-0.15, -0.1) is 0 Å². The van der Waals surface area contributed by atoms with Crippen LogP contribution in [0.15, 0.2) is 29.3 Å². The Morgan fingerprint density at radius 3 is 2.45 bits per heavy atom. The number of hydrogen-bond acceptors (Lipinski definition) is 7. The average Bonchev–Trinajstić information content (AvgIpc) is 2.79. The lowest BCUT2D eigenvalue weighted by atomic mass is 9.95. The molecule has 0 atom stereocenters. The standard InChI is InChI=1S/C22H24N4O5/c1-29-17-9-14(10-18(30-2)20(17)31-3)24-19(27)11-26-12-23-21-15(22(26)28)8-13-6-4-5-7-16(13)25-21/h8-10,12H,4-7,11H2,1-3H3,(H,24,27). The largest absolute Gasteiger partial charge is 0.493 e. The van der Waals surface area contributed by atoms with E-state index in [2.05, 4.69) is 15.3 Å². The number of nitrogens with zero attached hydrogens (tertiary/aromatic N) is 3. The normalized spacial score (nSPS) is 12.9. The number of nitrogens with one attached hydrogen (secondary N) is 1. The molecule has 0 spiro atoms. The molecule has 1 aliphatic carbocycles. The highest BCUT2D eigenvalue weighted by Gasteiger charge is 2.17. The maximum Gasteiger partial charge on any atom is 0.263 e. The summed E-state index contributed by atoms with van der Waals surface area (Å²) < 4.78 is 17.2. The van der Waals surface area contributed by atoms with Gasteiger partial charge in [0.2, 0.25) is 11.7 Å². The molecular formula is C22H24N4O5. The second-order valence-electron chi connectivity index (χ2n) is 7.31. The van der Waals surface area contributed by atoms with Crippen LogP contribution in [0.3, 0.4) is 0 Å². The van der Waals surface area contributed by atoms with E-state index in [4.69, 9.17) is 14.2 Å². The minimum absolute atomic E-state index is 0.185. The van der Waals surface area contributed by atoms with Gasteiger partial charge in [-0.2, -0.15) is 0 Å². The predicted molar refractivity (Wildman–Crippen MR) is 115 cm³/mol. The Morgan fingerprint density at radius 1 is 1.06 bits per heavy atom. The smallest absolute Gasteiger partial charge is 0.263 e. The molecule has 0 bridgehead atoms. The van der Waals surface area contributed by atoms with Crippen LogP contribution < -0.4 is 25.1 Å². The Kier molecular flexibility index (Phi) is 5.75. The third-order valence-electron chi connectivity index (χ3n) is 5.35. The number of benzene rings is 1. The Hall–Kier alpha value is -3.62. The third kappa shape index (κ3) is 4.03. The molecule has 1 aliphatic rings. The molecule has 1 amide bonds. The van der Waals surface area contributed by atoms with Gasteiger partial charge in [0.05, 0.1) is 26.7 Å². The van der Waals surface area contributed by atoms with Crippen molar-refractivity contribution < 1.29 is 19.0 Å². The molecule has 0 radical (unpaired) electrons. The number of carbonyl (C=O) groups excluding carboxylic acids is 1. The summed E-state index contributed by atoms with van der Waals surface area (Å²) in [5.41, 5.74) is 2.70. The zero-order valence-electron chi connectivity index (χ0n) is 17.7. The van der Waals surface area contributed by atoms with Gasteiger partial charge in [-0.05, 0) is 37.3 Å². The number of amides is 1. The summed E-state index contributed by atoms with van der Waals surface area (Å²) in [6.45, 7) is -0.185. The average molecular weight is 424 g/mol. The second kappa shape index (κ2) is 8.63. The molecule has 0 saturated carbocycles. The number of rotatable bonds is 6. The maximum absolute atomic E-state index is 12.9. The first-order valence-electron chi connectivity index (χ1n) is 10.0. The van der Waals surface area contributed by atoms with E-state index in [1.165, 1.54) is 32.2 Å². The fourth-order valence-electron chi connectivity index (χ4n) is 3.83. The van der Waals surface area contributed by atoms with E-state index < -0.39 is 0 Å². The van der Waals surface area contributed by atoms with Gasteiger partial charge < -0.3 is 19.5 Å². The fourth-order valence-corrected chi connectivity index (χ4v) is 3.83. The van der Waals surface area contributed by atoms with E-state index in [1.54, 1.807) is 12.1 Å². The molecule has 9 heteroatoms. The van der Waals surface area contributed by atoms with Crippen molar-refractivity contribution in [1.82, 2.24) is 14.5 Å². The van der Waals surface area contributed by atoms with Crippen LogP contribution in [0.25, 0.3) is 11.0 Å². The molecule has 4 rings (SSSR count). The van der Waals surface area contributed by atoms with Gasteiger partial charge in [0.1, 0.15) is 12.9 Å². The number of fused-ring (bicyclic) bond motifs is 2. The molecule has 1 N–H and O–H groups in total. The van der Waals surface area contributed by atoms with Crippen molar-refractivity contribution in [1.29, 1.82) is 0 Å². The van der Waals surface area contributed by atoms with Crippen molar-refractivity contribution in [2.75, 3.05) is 26.6 Å². The van der Waals surface area contributed by atoms with Gasteiger partial charge in [-0.3, -0.25) is 14.2 Å². The SMILES string of the molecule is COc1cc(NC(=O)Cn2cnc3nc4c(cc3c2=O)CCCC4)cc(OC)c1OC. The van der Waals surface area contributed by atoms with Gasteiger partial charge in [0, 0.05) is 23.5 Å². The second-order valence-corrected chi connectivity index (χ2v) is 7.31. The number of aryl methyl sites for hydroxylation is 2.